The van der Waals surface area contributed by atoms with Gasteiger partial charge in [-0.25, -0.2) is 17.6 Å². The van der Waals surface area contributed by atoms with E-state index in [0.29, 0.717) is 0 Å². The molecule has 19 heavy (non-hydrogen) atoms. The fourth-order valence-corrected chi connectivity index (χ4v) is 2.68. The highest BCUT2D eigenvalue weighted by molar-refractivity contribution is 8.13. The molecule has 0 saturated carbocycles. The van der Waals surface area contributed by atoms with Crippen molar-refractivity contribution in [2.75, 3.05) is 0 Å². The number of nitrogens with zero attached hydrogens (tertiary/aromatic N) is 2. The molecule has 0 radical (unpaired) electrons. The molecule has 0 aliphatic heterocycles. The van der Waals surface area contributed by atoms with E-state index in [2.05, 4.69) is 0 Å². The van der Waals surface area contributed by atoms with Gasteiger partial charge in [-0.15, -0.1) is 0 Å². The second-order valence-electron chi connectivity index (χ2n) is 3.94. The first kappa shape index (κ1) is 13.8. The normalized spacial score (nSPS) is 12.0. The summed E-state index contributed by atoms with van der Waals surface area (Å²) in [6.07, 6.45) is 0. The van der Waals surface area contributed by atoms with E-state index < -0.39 is 31.0 Å². The van der Waals surface area contributed by atoms with E-state index in [9.17, 15) is 22.4 Å². The molecule has 0 unspecified atom stereocenters. The summed E-state index contributed by atoms with van der Waals surface area (Å²) in [5.41, 5.74) is -1.37. The monoisotopic (exact) mass is 306 g/mol. The first-order valence-corrected chi connectivity index (χ1v) is 7.29. The van der Waals surface area contributed by atoms with Crippen LogP contribution < -0.4 is 11.2 Å². The van der Waals surface area contributed by atoms with Crippen molar-refractivity contribution < 1.29 is 12.8 Å². The molecular formula is C10H8ClFN2O4S. The SMILES string of the molecule is Cn1c(=O)c2cc(S(=O)(=O)Cl)c(F)cc2n(C)c1=O. The van der Waals surface area contributed by atoms with Crippen LogP contribution in [-0.4, -0.2) is 17.6 Å². The molecular weight excluding hydrogens is 299 g/mol. The highest BCUT2D eigenvalue weighted by atomic mass is 35.7. The van der Waals surface area contributed by atoms with Crippen LogP contribution in [0.3, 0.4) is 0 Å². The number of hydrogen-bond donors (Lipinski definition) is 0. The van der Waals surface area contributed by atoms with Crippen molar-refractivity contribution in [2.24, 2.45) is 14.1 Å². The molecule has 0 bridgehead atoms. The Bertz CT molecular complexity index is 914. The molecule has 1 aromatic carbocycles. The van der Waals surface area contributed by atoms with Crippen molar-refractivity contribution in [3.05, 3.63) is 38.8 Å². The smallest absolute Gasteiger partial charge is 0.296 e. The van der Waals surface area contributed by atoms with Gasteiger partial charge < -0.3 is 0 Å². The topological polar surface area (TPSA) is 78.1 Å². The molecule has 102 valence electrons. The van der Waals surface area contributed by atoms with Gasteiger partial charge in [0.05, 0.1) is 10.9 Å². The molecule has 0 N–H and O–H groups in total. The van der Waals surface area contributed by atoms with E-state index in [1.807, 2.05) is 0 Å². The van der Waals surface area contributed by atoms with Crippen molar-refractivity contribution in [2.45, 2.75) is 4.90 Å². The van der Waals surface area contributed by atoms with E-state index in [4.69, 9.17) is 10.7 Å². The maximum Gasteiger partial charge on any atom is 0.330 e. The van der Waals surface area contributed by atoms with Crippen LogP contribution in [0.4, 0.5) is 4.39 Å². The number of benzene rings is 1. The largest absolute Gasteiger partial charge is 0.330 e. The maximum atomic E-state index is 13.7. The zero-order valence-electron chi connectivity index (χ0n) is 9.85. The van der Waals surface area contributed by atoms with Gasteiger partial charge in [-0.2, -0.15) is 0 Å². The molecule has 1 heterocycles. The van der Waals surface area contributed by atoms with Gasteiger partial charge in [0.1, 0.15) is 10.7 Å². The van der Waals surface area contributed by atoms with Gasteiger partial charge in [-0.05, 0) is 12.1 Å². The Morgan fingerprint density at radius 3 is 2.26 bits per heavy atom. The maximum absolute atomic E-state index is 13.7. The Balaban J connectivity index is 3.13. The van der Waals surface area contributed by atoms with Gasteiger partial charge in [0.15, 0.2) is 0 Å². The molecule has 0 aliphatic rings. The summed E-state index contributed by atoms with van der Waals surface area (Å²) in [7, 11) is 3.35. The summed E-state index contributed by atoms with van der Waals surface area (Å²) in [6, 6.07) is 1.63. The van der Waals surface area contributed by atoms with E-state index in [-0.39, 0.29) is 10.9 Å². The Kier molecular flexibility index (Phi) is 3.02. The predicted molar refractivity (Wildman–Crippen MR) is 67.4 cm³/mol. The lowest BCUT2D eigenvalue weighted by Gasteiger charge is -2.08. The first-order chi connectivity index (χ1) is 8.64. The van der Waals surface area contributed by atoms with Gasteiger partial charge in [-0.1, -0.05) is 0 Å². The van der Waals surface area contributed by atoms with Crippen molar-refractivity contribution in [3.63, 3.8) is 0 Å². The van der Waals surface area contributed by atoms with Crippen molar-refractivity contribution in [3.8, 4) is 0 Å². The molecule has 2 aromatic rings. The van der Waals surface area contributed by atoms with Gasteiger partial charge in [0, 0.05) is 24.8 Å². The number of rotatable bonds is 1. The summed E-state index contributed by atoms with van der Waals surface area (Å²) in [4.78, 5) is 22.7. The van der Waals surface area contributed by atoms with Crippen LogP contribution in [0.1, 0.15) is 0 Å². The lowest BCUT2D eigenvalue weighted by atomic mass is 10.2. The number of aryl methyl sites for hydroxylation is 1. The summed E-state index contributed by atoms with van der Waals surface area (Å²) < 4.78 is 37.9. The fraction of sp³-hybridized carbons (Fsp3) is 0.200. The third-order valence-corrected chi connectivity index (χ3v) is 4.12. The van der Waals surface area contributed by atoms with Crippen LogP contribution >= 0.6 is 10.7 Å². The van der Waals surface area contributed by atoms with E-state index in [1.54, 1.807) is 0 Å². The van der Waals surface area contributed by atoms with Gasteiger partial charge in [0.25, 0.3) is 14.6 Å². The zero-order valence-corrected chi connectivity index (χ0v) is 11.4. The third kappa shape index (κ3) is 2.06. The minimum absolute atomic E-state index is 0.00494. The number of halogens is 2. The second-order valence-corrected chi connectivity index (χ2v) is 6.48. The Labute approximate surface area is 111 Å². The predicted octanol–water partition coefficient (Wildman–Crippen LogP) is 0.304. The van der Waals surface area contributed by atoms with Crippen LogP contribution in [-0.2, 0) is 23.1 Å². The molecule has 0 saturated heterocycles. The molecule has 0 spiro atoms. The summed E-state index contributed by atoms with van der Waals surface area (Å²) in [5.74, 6) is -1.12. The lowest BCUT2D eigenvalue weighted by Crippen LogP contribution is -2.37. The number of fused-ring (bicyclic) bond motifs is 1. The minimum Gasteiger partial charge on any atom is -0.296 e. The third-order valence-electron chi connectivity index (χ3n) is 2.78. The molecule has 0 atom stereocenters. The van der Waals surface area contributed by atoms with Crippen molar-refractivity contribution >= 4 is 30.6 Å². The highest BCUT2D eigenvalue weighted by Gasteiger charge is 2.20. The molecule has 6 nitrogen and oxygen atoms in total. The average Bonchev–Trinajstić information content (AvgIpc) is 2.31. The molecule has 0 aliphatic carbocycles. The van der Waals surface area contributed by atoms with Gasteiger partial charge >= 0.3 is 5.69 Å². The first-order valence-electron chi connectivity index (χ1n) is 4.98. The van der Waals surface area contributed by atoms with Gasteiger partial charge in [0.2, 0.25) is 0 Å². The number of aromatic nitrogens is 2. The standard InChI is InChI=1S/C10H8ClFN2O4S/c1-13-7-4-6(12)8(19(11,17)18)3-5(7)9(15)14(2)10(13)16/h3-4H,1-2H3. The zero-order chi connectivity index (χ0) is 14.5. The van der Waals surface area contributed by atoms with E-state index >= 15 is 0 Å². The molecule has 2 rings (SSSR count). The average molecular weight is 307 g/mol. The van der Waals surface area contributed by atoms with Crippen LogP contribution in [0, 0.1) is 5.82 Å². The summed E-state index contributed by atoms with van der Waals surface area (Å²) in [6.45, 7) is 0. The Morgan fingerprint density at radius 2 is 1.74 bits per heavy atom. The second kappa shape index (κ2) is 4.17. The molecule has 9 heteroatoms. The van der Waals surface area contributed by atoms with E-state index in [0.717, 1.165) is 21.3 Å². The Hall–Kier alpha value is -1.67. The fourth-order valence-electron chi connectivity index (χ4n) is 1.77. The Morgan fingerprint density at radius 1 is 1.16 bits per heavy atom. The molecule has 0 fully saturated rings. The van der Waals surface area contributed by atoms with Crippen molar-refractivity contribution in [1.29, 1.82) is 0 Å². The van der Waals surface area contributed by atoms with Gasteiger partial charge in [-0.3, -0.25) is 13.9 Å². The van der Waals surface area contributed by atoms with Crippen LogP contribution in [0.25, 0.3) is 10.9 Å². The summed E-state index contributed by atoms with van der Waals surface area (Å²) in [5, 5.41) is -0.106. The summed E-state index contributed by atoms with van der Waals surface area (Å²) >= 11 is 0. The quantitative estimate of drug-likeness (QED) is 0.710. The highest BCUT2D eigenvalue weighted by Crippen LogP contribution is 2.22. The van der Waals surface area contributed by atoms with Crippen LogP contribution in [0.2, 0.25) is 0 Å². The van der Waals surface area contributed by atoms with Crippen LogP contribution in [0.5, 0.6) is 0 Å². The van der Waals surface area contributed by atoms with E-state index in [1.165, 1.54) is 14.1 Å². The minimum atomic E-state index is -4.32. The van der Waals surface area contributed by atoms with Crippen molar-refractivity contribution in [1.82, 2.24) is 9.13 Å². The molecule has 0 amide bonds. The lowest BCUT2D eigenvalue weighted by molar-refractivity contribution is 0.575. The number of hydrogen-bond acceptors (Lipinski definition) is 4. The molecule has 1 aromatic heterocycles. The van der Waals surface area contributed by atoms with Crippen LogP contribution in [0.15, 0.2) is 26.6 Å².